The maximum Gasteiger partial charge on any atom is 0.0454 e. The first-order valence-corrected chi connectivity index (χ1v) is 6.23. The van der Waals surface area contributed by atoms with E-state index in [0.717, 1.165) is 6.42 Å². The van der Waals surface area contributed by atoms with Crippen LogP contribution in [0.2, 0.25) is 0 Å². The van der Waals surface area contributed by atoms with E-state index < -0.39 is 0 Å². The molecule has 16 heavy (non-hydrogen) atoms. The van der Waals surface area contributed by atoms with Crippen molar-refractivity contribution in [3.63, 3.8) is 0 Å². The molecule has 0 aliphatic heterocycles. The number of rotatable bonds is 5. The zero-order valence-electron chi connectivity index (χ0n) is 10.7. The van der Waals surface area contributed by atoms with Crippen molar-refractivity contribution >= 4 is 0 Å². The Morgan fingerprint density at radius 2 is 1.81 bits per heavy atom. The van der Waals surface area contributed by atoms with Crippen LogP contribution in [-0.4, -0.2) is 0 Å². The Bertz CT molecular complexity index is 348. The molecule has 0 bridgehead atoms. The standard InChI is InChI=1S/C16H22/c1-5-7-8-12-15(6-2)16-13(3)10-9-11-14(16)4/h2,9-11,15H,5,7-8,12H2,1,3-4H3. The third-order valence-electron chi connectivity index (χ3n) is 3.19. The molecule has 0 saturated heterocycles. The highest BCUT2D eigenvalue weighted by Gasteiger charge is 2.12. The molecule has 1 aromatic carbocycles. The fourth-order valence-electron chi connectivity index (χ4n) is 2.29. The fourth-order valence-corrected chi connectivity index (χ4v) is 2.29. The van der Waals surface area contributed by atoms with Gasteiger partial charge in [-0.05, 0) is 37.0 Å². The highest BCUT2D eigenvalue weighted by molar-refractivity contribution is 5.40. The summed E-state index contributed by atoms with van der Waals surface area (Å²) in [6, 6.07) is 6.42. The summed E-state index contributed by atoms with van der Waals surface area (Å²) in [4.78, 5) is 0. The van der Waals surface area contributed by atoms with Crippen LogP contribution in [0.15, 0.2) is 18.2 Å². The molecular weight excluding hydrogens is 192 g/mol. The summed E-state index contributed by atoms with van der Waals surface area (Å²) in [7, 11) is 0. The van der Waals surface area contributed by atoms with Gasteiger partial charge in [0.15, 0.2) is 0 Å². The molecule has 0 aliphatic carbocycles. The van der Waals surface area contributed by atoms with Crippen LogP contribution >= 0.6 is 0 Å². The monoisotopic (exact) mass is 214 g/mol. The van der Waals surface area contributed by atoms with E-state index in [0.29, 0.717) is 5.92 Å². The minimum atomic E-state index is 0.299. The van der Waals surface area contributed by atoms with Crippen LogP contribution in [0.5, 0.6) is 0 Å². The summed E-state index contributed by atoms with van der Waals surface area (Å²) in [6.07, 6.45) is 10.6. The quantitative estimate of drug-likeness (QED) is 0.496. The van der Waals surface area contributed by atoms with Crippen LogP contribution in [0.4, 0.5) is 0 Å². The highest BCUT2D eigenvalue weighted by Crippen LogP contribution is 2.27. The van der Waals surface area contributed by atoms with Gasteiger partial charge in [-0.2, -0.15) is 0 Å². The van der Waals surface area contributed by atoms with Crippen LogP contribution in [0.25, 0.3) is 0 Å². The van der Waals surface area contributed by atoms with Crippen LogP contribution < -0.4 is 0 Å². The smallest absolute Gasteiger partial charge is 0.0454 e. The third-order valence-corrected chi connectivity index (χ3v) is 3.19. The lowest BCUT2D eigenvalue weighted by Gasteiger charge is -2.16. The van der Waals surface area contributed by atoms with Crippen LogP contribution in [0.1, 0.15) is 55.2 Å². The normalized spacial score (nSPS) is 12.1. The Morgan fingerprint density at radius 1 is 1.19 bits per heavy atom. The van der Waals surface area contributed by atoms with E-state index >= 15 is 0 Å². The van der Waals surface area contributed by atoms with Crippen LogP contribution in [0.3, 0.4) is 0 Å². The highest BCUT2D eigenvalue weighted by atomic mass is 14.2. The molecule has 1 atom stereocenters. The minimum absolute atomic E-state index is 0.299. The van der Waals surface area contributed by atoms with E-state index in [9.17, 15) is 0 Å². The van der Waals surface area contributed by atoms with E-state index in [1.807, 2.05) is 0 Å². The van der Waals surface area contributed by atoms with Gasteiger partial charge in [-0.25, -0.2) is 0 Å². The first-order chi connectivity index (χ1) is 7.70. The first-order valence-electron chi connectivity index (χ1n) is 6.23. The van der Waals surface area contributed by atoms with Crippen molar-refractivity contribution in [3.05, 3.63) is 34.9 Å². The summed E-state index contributed by atoms with van der Waals surface area (Å²) >= 11 is 0. The number of benzene rings is 1. The van der Waals surface area contributed by atoms with E-state index in [4.69, 9.17) is 6.42 Å². The second-order valence-electron chi connectivity index (χ2n) is 4.52. The van der Waals surface area contributed by atoms with Gasteiger partial charge in [0.1, 0.15) is 0 Å². The predicted octanol–water partition coefficient (Wildman–Crippen LogP) is 4.60. The molecule has 0 heteroatoms. The van der Waals surface area contributed by atoms with Gasteiger partial charge in [0.05, 0.1) is 0 Å². The van der Waals surface area contributed by atoms with Gasteiger partial charge < -0.3 is 0 Å². The number of aryl methyl sites for hydroxylation is 2. The molecule has 1 rings (SSSR count). The summed E-state index contributed by atoms with van der Waals surface area (Å²) in [5, 5.41) is 0. The lowest BCUT2D eigenvalue weighted by atomic mass is 9.87. The van der Waals surface area contributed by atoms with Crippen molar-refractivity contribution in [2.24, 2.45) is 0 Å². The Labute approximate surface area is 100 Å². The minimum Gasteiger partial charge on any atom is -0.119 e. The summed E-state index contributed by atoms with van der Waals surface area (Å²) in [5.41, 5.74) is 4.04. The number of unbranched alkanes of at least 4 members (excludes halogenated alkanes) is 2. The SMILES string of the molecule is C#CC(CCCCC)c1c(C)cccc1C. The molecule has 1 unspecified atom stereocenters. The molecule has 0 spiro atoms. The Kier molecular flexibility index (Phi) is 5.12. The van der Waals surface area contributed by atoms with E-state index in [-0.39, 0.29) is 0 Å². The van der Waals surface area contributed by atoms with Crippen molar-refractivity contribution in [1.29, 1.82) is 0 Å². The maximum absolute atomic E-state index is 5.67. The number of hydrogen-bond donors (Lipinski definition) is 0. The Morgan fingerprint density at radius 3 is 2.31 bits per heavy atom. The molecule has 0 N–H and O–H groups in total. The molecule has 0 radical (unpaired) electrons. The molecule has 0 saturated carbocycles. The molecule has 0 amide bonds. The summed E-state index contributed by atoms with van der Waals surface area (Å²) in [6.45, 7) is 6.54. The van der Waals surface area contributed by atoms with E-state index in [1.165, 1.54) is 36.0 Å². The van der Waals surface area contributed by atoms with Crippen LogP contribution in [0, 0.1) is 26.2 Å². The zero-order chi connectivity index (χ0) is 12.0. The van der Waals surface area contributed by atoms with Gasteiger partial charge in [-0.3, -0.25) is 0 Å². The topological polar surface area (TPSA) is 0 Å². The third kappa shape index (κ3) is 3.14. The van der Waals surface area contributed by atoms with Crippen molar-refractivity contribution in [2.75, 3.05) is 0 Å². The summed E-state index contributed by atoms with van der Waals surface area (Å²) in [5.74, 6) is 3.26. The molecule has 0 aromatic heterocycles. The van der Waals surface area contributed by atoms with E-state index in [2.05, 4.69) is 44.9 Å². The fraction of sp³-hybridized carbons (Fsp3) is 0.500. The Hall–Kier alpha value is -1.22. The second-order valence-corrected chi connectivity index (χ2v) is 4.52. The molecule has 0 heterocycles. The Balaban J connectivity index is 2.83. The van der Waals surface area contributed by atoms with Gasteiger partial charge in [0, 0.05) is 5.92 Å². The molecule has 1 aromatic rings. The van der Waals surface area contributed by atoms with Crippen molar-refractivity contribution < 1.29 is 0 Å². The first kappa shape index (κ1) is 12.8. The molecule has 0 aliphatic rings. The second kappa shape index (κ2) is 6.38. The van der Waals surface area contributed by atoms with E-state index in [1.54, 1.807) is 0 Å². The van der Waals surface area contributed by atoms with Gasteiger partial charge >= 0.3 is 0 Å². The van der Waals surface area contributed by atoms with Gasteiger partial charge in [0.25, 0.3) is 0 Å². The van der Waals surface area contributed by atoms with Crippen LogP contribution in [-0.2, 0) is 0 Å². The average Bonchev–Trinajstić information content (AvgIpc) is 2.26. The number of terminal acetylenes is 1. The lowest BCUT2D eigenvalue weighted by Crippen LogP contribution is -2.01. The van der Waals surface area contributed by atoms with Crippen molar-refractivity contribution in [3.8, 4) is 12.3 Å². The maximum atomic E-state index is 5.67. The number of hydrogen-bond acceptors (Lipinski definition) is 0. The van der Waals surface area contributed by atoms with Crippen molar-refractivity contribution in [2.45, 2.75) is 52.4 Å². The lowest BCUT2D eigenvalue weighted by molar-refractivity contribution is 0.634. The van der Waals surface area contributed by atoms with Gasteiger partial charge in [-0.15, -0.1) is 6.42 Å². The average molecular weight is 214 g/mol. The largest absolute Gasteiger partial charge is 0.119 e. The molecule has 86 valence electrons. The van der Waals surface area contributed by atoms with Crippen molar-refractivity contribution in [1.82, 2.24) is 0 Å². The molecule has 0 fully saturated rings. The summed E-state index contributed by atoms with van der Waals surface area (Å²) < 4.78 is 0. The molecular formula is C16H22. The molecule has 0 nitrogen and oxygen atoms in total. The predicted molar refractivity (Wildman–Crippen MR) is 71.6 cm³/mol. The van der Waals surface area contributed by atoms with Gasteiger partial charge in [0.2, 0.25) is 0 Å². The van der Waals surface area contributed by atoms with Gasteiger partial charge in [-0.1, -0.05) is 50.3 Å². The zero-order valence-corrected chi connectivity index (χ0v) is 10.7.